The van der Waals surface area contributed by atoms with Crippen molar-refractivity contribution in [3.05, 3.63) is 29.3 Å². The van der Waals surface area contributed by atoms with Crippen LogP contribution in [0.5, 0.6) is 0 Å². The Hall–Kier alpha value is -1.57. The van der Waals surface area contributed by atoms with E-state index < -0.39 is 23.5 Å². The monoisotopic (exact) mass is 328 g/mol. The molecule has 1 atom stereocenters. The summed E-state index contributed by atoms with van der Waals surface area (Å²) < 4.78 is 63.5. The molecular weight excluding hydrogens is 319 g/mol. The zero-order valence-corrected chi connectivity index (χ0v) is 11.4. The predicted octanol–water partition coefficient (Wildman–Crippen LogP) is 4.14. The number of rotatable bonds is 2. The lowest BCUT2D eigenvalue weighted by Gasteiger charge is -2.28. The molecule has 21 heavy (non-hydrogen) atoms. The molecule has 1 aliphatic rings. The fourth-order valence-corrected chi connectivity index (χ4v) is 2.17. The van der Waals surface area contributed by atoms with Crippen molar-refractivity contribution in [1.29, 1.82) is 0 Å². The highest BCUT2D eigenvalue weighted by atomic mass is 35.5. The molecule has 2 rings (SSSR count). The van der Waals surface area contributed by atoms with Gasteiger partial charge in [-0.2, -0.15) is 22.0 Å². The van der Waals surface area contributed by atoms with Crippen molar-refractivity contribution in [1.82, 2.24) is 4.90 Å². The fourth-order valence-electron chi connectivity index (χ4n) is 1.92. The molecule has 1 aromatic rings. The number of nitrogens with zero attached hydrogens (tertiary/aromatic N) is 1. The summed E-state index contributed by atoms with van der Waals surface area (Å²) in [7, 11) is 1.47. The van der Waals surface area contributed by atoms with Gasteiger partial charge in [0.2, 0.25) is 0 Å². The molecule has 2 amide bonds. The minimum absolute atomic E-state index is 0.0935. The molecule has 0 aliphatic carbocycles. The molecule has 1 heterocycles. The molecule has 1 aromatic carbocycles. The summed E-state index contributed by atoms with van der Waals surface area (Å²) in [6.45, 7) is 0.0935. The first-order chi connectivity index (χ1) is 9.54. The Kier molecular flexibility index (Phi) is 3.77. The van der Waals surface area contributed by atoms with E-state index in [9.17, 15) is 26.7 Å². The van der Waals surface area contributed by atoms with Gasteiger partial charge in [0, 0.05) is 19.3 Å². The van der Waals surface area contributed by atoms with Gasteiger partial charge in [0.25, 0.3) is 0 Å². The Morgan fingerprint density at radius 1 is 1.29 bits per heavy atom. The number of amides is 2. The van der Waals surface area contributed by atoms with Gasteiger partial charge in [0.15, 0.2) is 0 Å². The van der Waals surface area contributed by atoms with Gasteiger partial charge in [-0.15, -0.1) is 11.6 Å². The molecule has 0 saturated carbocycles. The maximum absolute atomic E-state index is 13.2. The third-order valence-electron chi connectivity index (χ3n) is 3.11. The van der Waals surface area contributed by atoms with Crippen molar-refractivity contribution in [3.8, 4) is 0 Å². The first-order valence-corrected chi connectivity index (χ1v) is 6.21. The normalized spacial score (nSPS) is 17.3. The number of carbonyl (C=O) groups is 1. The summed E-state index contributed by atoms with van der Waals surface area (Å²) in [6.07, 6.45) is -5.74. The van der Waals surface area contributed by atoms with Crippen LogP contribution < -0.4 is 5.32 Å². The molecule has 9 heteroatoms. The lowest BCUT2D eigenvalue weighted by molar-refractivity contribution is -0.283. The number of urea groups is 1. The Morgan fingerprint density at radius 2 is 1.90 bits per heavy atom. The van der Waals surface area contributed by atoms with Crippen LogP contribution in [0.25, 0.3) is 0 Å². The highest BCUT2D eigenvalue weighted by Gasteiger charge is 2.62. The van der Waals surface area contributed by atoms with Crippen molar-refractivity contribution < 1.29 is 26.7 Å². The second-order valence-electron chi connectivity index (χ2n) is 4.69. The minimum Gasteiger partial charge on any atom is -0.323 e. The summed E-state index contributed by atoms with van der Waals surface area (Å²) >= 11 is 5.32. The molecule has 0 spiro atoms. The zero-order valence-electron chi connectivity index (χ0n) is 10.6. The van der Waals surface area contributed by atoms with Crippen LogP contribution in [0.4, 0.5) is 32.4 Å². The van der Waals surface area contributed by atoms with Gasteiger partial charge in [-0.3, -0.25) is 0 Å². The molecule has 0 aromatic heterocycles. The number of fused-ring (bicyclic) bond motifs is 1. The van der Waals surface area contributed by atoms with E-state index in [1.54, 1.807) is 0 Å². The van der Waals surface area contributed by atoms with Crippen molar-refractivity contribution in [2.45, 2.75) is 24.0 Å². The number of benzene rings is 1. The number of anilines is 1. The molecule has 116 valence electrons. The van der Waals surface area contributed by atoms with Gasteiger partial charge in [-0.25, -0.2) is 4.79 Å². The van der Waals surface area contributed by atoms with E-state index in [2.05, 4.69) is 5.32 Å². The third kappa shape index (κ3) is 2.76. The lowest BCUT2D eigenvalue weighted by atomic mass is 10.0. The van der Waals surface area contributed by atoms with Gasteiger partial charge in [0.1, 0.15) is 5.38 Å². The van der Waals surface area contributed by atoms with Crippen molar-refractivity contribution in [2.24, 2.45) is 0 Å². The average molecular weight is 329 g/mol. The fraction of sp³-hybridized carbons (Fsp3) is 0.417. The first-order valence-electron chi connectivity index (χ1n) is 5.77. The Morgan fingerprint density at radius 3 is 2.48 bits per heavy atom. The molecule has 0 saturated heterocycles. The summed E-state index contributed by atoms with van der Waals surface area (Å²) in [5, 5.41) is -0.0574. The van der Waals surface area contributed by atoms with Gasteiger partial charge >= 0.3 is 18.1 Å². The van der Waals surface area contributed by atoms with Gasteiger partial charge in [-0.05, 0) is 17.2 Å². The largest absolute Gasteiger partial charge is 0.455 e. The van der Waals surface area contributed by atoms with E-state index in [0.717, 1.165) is 12.1 Å². The van der Waals surface area contributed by atoms with E-state index in [1.165, 1.54) is 18.0 Å². The van der Waals surface area contributed by atoms with Crippen LogP contribution in [-0.4, -0.2) is 30.1 Å². The molecular formula is C12H10ClF5N2O. The Labute approximate surface area is 121 Å². The van der Waals surface area contributed by atoms with Gasteiger partial charge < -0.3 is 10.2 Å². The molecule has 0 bridgehead atoms. The first kappa shape index (κ1) is 15.8. The Bertz CT molecular complexity index is 575. The highest BCUT2D eigenvalue weighted by molar-refractivity contribution is 6.21. The van der Waals surface area contributed by atoms with Crippen LogP contribution in [0.15, 0.2) is 18.2 Å². The number of carbonyl (C=O) groups excluding carboxylic acids is 1. The van der Waals surface area contributed by atoms with Crippen LogP contribution >= 0.6 is 11.6 Å². The van der Waals surface area contributed by atoms with Crippen molar-refractivity contribution >= 4 is 23.3 Å². The van der Waals surface area contributed by atoms with Crippen LogP contribution in [0.3, 0.4) is 0 Å². The molecule has 0 fully saturated rings. The quantitative estimate of drug-likeness (QED) is 0.642. The average Bonchev–Trinajstić information content (AvgIpc) is 2.37. The van der Waals surface area contributed by atoms with E-state index in [-0.39, 0.29) is 12.1 Å². The maximum atomic E-state index is 13.2. The van der Waals surface area contributed by atoms with E-state index in [4.69, 9.17) is 11.6 Å². The SMILES string of the molecule is CN1Cc2cc(C(Cl)C(F)(F)C(F)(F)F)ccc2NC1=O. The summed E-state index contributed by atoms with van der Waals surface area (Å²) in [5.74, 6) is -5.05. The smallest absolute Gasteiger partial charge is 0.323 e. The topological polar surface area (TPSA) is 32.3 Å². The van der Waals surface area contributed by atoms with Crippen LogP contribution in [0, 0.1) is 0 Å². The molecule has 1 N–H and O–H groups in total. The number of alkyl halides is 6. The van der Waals surface area contributed by atoms with Gasteiger partial charge in [0.05, 0.1) is 0 Å². The number of hydrogen-bond donors (Lipinski definition) is 1. The van der Waals surface area contributed by atoms with Crippen molar-refractivity contribution in [3.63, 3.8) is 0 Å². The maximum Gasteiger partial charge on any atom is 0.455 e. The standard InChI is InChI=1S/C12H10ClF5N2O/c1-20-5-7-4-6(2-3-8(7)19-10(20)21)9(13)11(14,15)12(16,17)18/h2-4,9H,5H2,1H3,(H,19,21). The molecule has 1 aliphatic heterocycles. The molecule has 1 unspecified atom stereocenters. The van der Waals surface area contributed by atoms with Crippen LogP contribution in [-0.2, 0) is 6.54 Å². The molecule has 0 radical (unpaired) electrons. The van der Waals surface area contributed by atoms with E-state index in [0.29, 0.717) is 11.3 Å². The lowest BCUT2D eigenvalue weighted by Crippen LogP contribution is -2.40. The second kappa shape index (κ2) is 5.01. The number of nitrogens with one attached hydrogen (secondary N) is 1. The molecule has 3 nitrogen and oxygen atoms in total. The summed E-state index contributed by atoms with van der Waals surface area (Å²) in [6, 6.07) is 3.06. The number of halogens is 6. The van der Waals surface area contributed by atoms with Crippen LogP contribution in [0.1, 0.15) is 16.5 Å². The highest BCUT2D eigenvalue weighted by Crippen LogP contribution is 2.48. The zero-order chi connectivity index (χ0) is 16.0. The second-order valence-corrected chi connectivity index (χ2v) is 5.12. The minimum atomic E-state index is -5.74. The number of hydrogen-bond acceptors (Lipinski definition) is 1. The van der Waals surface area contributed by atoms with Crippen LogP contribution in [0.2, 0.25) is 0 Å². The van der Waals surface area contributed by atoms with Crippen molar-refractivity contribution in [2.75, 3.05) is 12.4 Å². The summed E-state index contributed by atoms with van der Waals surface area (Å²) in [5.41, 5.74) is 0.418. The van der Waals surface area contributed by atoms with E-state index in [1.807, 2.05) is 0 Å². The predicted molar refractivity (Wildman–Crippen MR) is 66.5 cm³/mol. The van der Waals surface area contributed by atoms with E-state index >= 15 is 0 Å². The third-order valence-corrected chi connectivity index (χ3v) is 3.64. The van der Waals surface area contributed by atoms with Gasteiger partial charge in [-0.1, -0.05) is 12.1 Å². The summed E-state index contributed by atoms with van der Waals surface area (Å²) in [4.78, 5) is 12.6. The Balaban J connectivity index is 2.35.